The van der Waals surface area contributed by atoms with Gasteiger partial charge in [-0.1, -0.05) is 158 Å². The van der Waals surface area contributed by atoms with E-state index in [9.17, 15) is 0 Å². The number of rotatable bonds is 8. The summed E-state index contributed by atoms with van der Waals surface area (Å²) in [5.41, 5.74) is 18.8. The summed E-state index contributed by atoms with van der Waals surface area (Å²) in [6, 6.07) is 68.4. The number of pyridine rings is 2. The maximum absolute atomic E-state index is 5.53. The highest BCUT2D eigenvalue weighted by Gasteiger charge is 2.20. The van der Waals surface area contributed by atoms with Gasteiger partial charge in [-0.05, 0) is 103 Å². The predicted molar refractivity (Wildman–Crippen MR) is 239 cm³/mol. The molecule has 4 heteroatoms. The minimum atomic E-state index is 0.823. The number of hydrogen-bond donors (Lipinski definition) is 0. The molecule has 10 aromatic rings. The molecule has 272 valence electrons. The molecule has 10 rings (SSSR count). The second kappa shape index (κ2) is 15.4. The lowest BCUT2D eigenvalue weighted by Gasteiger charge is -2.19. The molecular formula is C54H36N4. The Bertz CT molecular complexity index is 2790. The van der Waals surface area contributed by atoms with Crippen molar-refractivity contribution in [3.8, 4) is 89.3 Å². The van der Waals surface area contributed by atoms with Crippen molar-refractivity contribution in [1.29, 1.82) is 0 Å². The van der Waals surface area contributed by atoms with Gasteiger partial charge in [0.1, 0.15) is 0 Å². The Morgan fingerprint density at radius 2 is 0.534 bits per heavy atom. The Morgan fingerprint density at radius 3 is 0.914 bits per heavy atom. The summed E-state index contributed by atoms with van der Waals surface area (Å²) in [6.07, 6.45) is 7.30. The predicted octanol–water partition coefficient (Wildman–Crippen LogP) is 13.8. The van der Waals surface area contributed by atoms with Gasteiger partial charge >= 0.3 is 0 Å². The lowest BCUT2D eigenvalue weighted by molar-refractivity contribution is 1.29. The van der Waals surface area contributed by atoms with Crippen molar-refractivity contribution in [3.05, 3.63) is 219 Å². The molecule has 7 aromatic carbocycles. The van der Waals surface area contributed by atoms with Crippen LogP contribution in [0.5, 0.6) is 0 Å². The van der Waals surface area contributed by atoms with Crippen molar-refractivity contribution in [3.63, 3.8) is 0 Å². The van der Waals surface area contributed by atoms with Crippen LogP contribution < -0.4 is 0 Å². The summed E-state index contributed by atoms with van der Waals surface area (Å²) >= 11 is 0. The molecule has 0 fully saturated rings. The first-order valence-corrected chi connectivity index (χ1v) is 19.4. The van der Waals surface area contributed by atoms with Crippen molar-refractivity contribution in [2.24, 2.45) is 0 Å². The molecule has 0 N–H and O–H groups in total. The van der Waals surface area contributed by atoms with Crippen LogP contribution in [0.15, 0.2) is 219 Å². The van der Waals surface area contributed by atoms with E-state index < -0.39 is 0 Å². The van der Waals surface area contributed by atoms with Gasteiger partial charge in [0.05, 0.1) is 22.4 Å². The van der Waals surface area contributed by atoms with E-state index in [1.54, 1.807) is 0 Å². The van der Waals surface area contributed by atoms with Gasteiger partial charge in [0, 0.05) is 35.9 Å². The van der Waals surface area contributed by atoms with Crippen LogP contribution in [0.25, 0.3) is 100 Å². The smallest absolute Gasteiger partial charge is 0.0973 e. The van der Waals surface area contributed by atoms with Crippen molar-refractivity contribution < 1.29 is 0 Å². The van der Waals surface area contributed by atoms with E-state index in [0.29, 0.717) is 0 Å². The van der Waals surface area contributed by atoms with Gasteiger partial charge < -0.3 is 0 Å². The molecule has 58 heavy (non-hydrogen) atoms. The van der Waals surface area contributed by atoms with Crippen LogP contribution in [0.4, 0.5) is 0 Å². The molecule has 0 aliphatic carbocycles. The molecular weight excluding hydrogens is 705 g/mol. The molecule has 0 saturated heterocycles. The third-order valence-corrected chi connectivity index (χ3v) is 10.8. The molecule has 0 bridgehead atoms. The quantitative estimate of drug-likeness (QED) is 0.156. The van der Waals surface area contributed by atoms with Gasteiger partial charge in [0.15, 0.2) is 0 Å². The first kappa shape index (κ1) is 34.7. The van der Waals surface area contributed by atoms with Crippen LogP contribution in [0, 0.1) is 0 Å². The third kappa shape index (κ3) is 6.74. The number of aromatic nitrogens is 4. The Morgan fingerprint density at radius 1 is 0.224 bits per heavy atom. The molecule has 3 aromatic heterocycles. The van der Waals surface area contributed by atoms with Crippen LogP contribution in [-0.4, -0.2) is 19.9 Å². The lowest BCUT2D eigenvalue weighted by Crippen LogP contribution is -1.98. The molecule has 0 aliphatic heterocycles. The molecule has 0 spiro atoms. The zero-order valence-corrected chi connectivity index (χ0v) is 31.6. The van der Waals surface area contributed by atoms with Crippen LogP contribution in [0.1, 0.15) is 0 Å². The normalized spacial score (nSPS) is 11.1. The Balaban J connectivity index is 1.22. The molecule has 0 aliphatic rings. The van der Waals surface area contributed by atoms with Crippen molar-refractivity contribution >= 4 is 11.0 Å². The highest BCUT2D eigenvalue weighted by molar-refractivity contribution is 6.01. The van der Waals surface area contributed by atoms with Crippen LogP contribution in [0.3, 0.4) is 0 Å². The molecule has 3 heterocycles. The molecule has 4 nitrogen and oxygen atoms in total. The van der Waals surface area contributed by atoms with Crippen LogP contribution in [-0.2, 0) is 0 Å². The summed E-state index contributed by atoms with van der Waals surface area (Å²) in [5, 5.41) is 0. The van der Waals surface area contributed by atoms with E-state index >= 15 is 0 Å². The maximum atomic E-state index is 5.53. The lowest BCUT2D eigenvalue weighted by atomic mass is 9.86. The number of fused-ring (bicyclic) bond motifs is 1. The molecule has 0 amide bonds. The summed E-state index contributed by atoms with van der Waals surface area (Å²) in [7, 11) is 0. The van der Waals surface area contributed by atoms with E-state index in [-0.39, 0.29) is 0 Å². The minimum absolute atomic E-state index is 0.823. The second-order valence-corrected chi connectivity index (χ2v) is 14.3. The van der Waals surface area contributed by atoms with Crippen LogP contribution in [0.2, 0.25) is 0 Å². The van der Waals surface area contributed by atoms with E-state index in [1.807, 2.05) is 49.1 Å². The number of nitrogens with zero attached hydrogens (tertiary/aromatic N) is 4. The number of hydrogen-bond acceptors (Lipinski definition) is 4. The van der Waals surface area contributed by atoms with E-state index in [0.717, 1.165) is 100 Å². The summed E-state index contributed by atoms with van der Waals surface area (Å²) in [4.78, 5) is 19.5. The molecule has 0 radical (unpaired) electrons. The van der Waals surface area contributed by atoms with Crippen molar-refractivity contribution in [2.75, 3.05) is 0 Å². The molecule has 0 saturated carbocycles. The fourth-order valence-corrected chi connectivity index (χ4v) is 7.86. The monoisotopic (exact) mass is 740 g/mol. The Hall–Kier alpha value is -7.82. The minimum Gasteiger partial charge on any atom is -0.265 e. The van der Waals surface area contributed by atoms with Crippen molar-refractivity contribution in [2.45, 2.75) is 0 Å². The van der Waals surface area contributed by atoms with Gasteiger partial charge in [0.25, 0.3) is 0 Å². The third-order valence-electron chi connectivity index (χ3n) is 10.8. The second-order valence-electron chi connectivity index (χ2n) is 14.3. The average molecular weight is 741 g/mol. The first-order chi connectivity index (χ1) is 28.8. The topological polar surface area (TPSA) is 51.6 Å². The first-order valence-electron chi connectivity index (χ1n) is 19.4. The highest BCUT2D eigenvalue weighted by atomic mass is 14.8. The Labute approximate surface area is 337 Å². The van der Waals surface area contributed by atoms with Gasteiger partial charge in [-0.25, -0.2) is 9.97 Å². The average Bonchev–Trinajstić information content (AvgIpc) is 3.32. The Kier molecular flexibility index (Phi) is 9.18. The largest absolute Gasteiger partial charge is 0.265 e. The highest BCUT2D eigenvalue weighted by Crippen LogP contribution is 2.44. The standard InChI is InChI=1S/C54H36N4/c1-3-11-41(12-4-1)45-15-7-9-17-47(45)49-35-51-52(36-50(49)48-18-10-8-16-46(48)42-13-5-2-6-14-42)58-54(44-25-21-38(22-26-44)40-29-33-56-34-30-40)53(57-51)43-23-19-37(20-24-43)39-27-31-55-32-28-39/h1-36H. The maximum Gasteiger partial charge on any atom is 0.0973 e. The number of benzene rings is 7. The summed E-state index contributed by atoms with van der Waals surface area (Å²) in [6.45, 7) is 0. The fraction of sp³-hybridized carbons (Fsp3) is 0. The van der Waals surface area contributed by atoms with Gasteiger partial charge in [-0.2, -0.15) is 0 Å². The van der Waals surface area contributed by atoms with Gasteiger partial charge in [-0.15, -0.1) is 0 Å². The summed E-state index contributed by atoms with van der Waals surface area (Å²) in [5.74, 6) is 0. The van der Waals surface area contributed by atoms with E-state index in [2.05, 4.69) is 180 Å². The molecule has 0 unspecified atom stereocenters. The zero-order chi connectivity index (χ0) is 38.7. The zero-order valence-electron chi connectivity index (χ0n) is 31.6. The van der Waals surface area contributed by atoms with Crippen molar-refractivity contribution in [1.82, 2.24) is 19.9 Å². The SMILES string of the molecule is c1ccc(-c2ccccc2-c2cc3nc(-c4ccc(-c5ccncc5)cc4)c(-c4ccc(-c5ccncc5)cc4)nc3cc2-c2ccccc2-c2ccccc2)cc1. The van der Waals surface area contributed by atoms with Crippen LogP contribution >= 0.6 is 0 Å². The van der Waals surface area contributed by atoms with E-state index in [4.69, 9.17) is 9.97 Å². The fourth-order valence-electron chi connectivity index (χ4n) is 7.86. The summed E-state index contributed by atoms with van der Waals surface area (Å²) < 4.78 is 0. The molecule has 0 atom stereocenters. The van der Waals surface area contributed by atoms with Gasteiger partial charge in [-0.3, -0.25) is 9.97 Å². The van der Waals surface area contributed by atoms with Gasteiger partial charge in [0.2, 0.25) is 0 Å². The van der Waals surface area contributed by atoms with E-state index in [1.165, 1.54) is 0 Å².